The van der Waals surface area contributed by atoms with Crippen LogP contribution in [0.2, 0.25) is 0 Å². The maximum atomic E-state index is 5.53. The van der Waals surface area contributed by atoms with Gasteiger partial charge in [0.05, 0.1) is 22.4 Å². The fourth-order valence-corrected chi connectivity index (χ4v) is 9.70. The molecule has 0 N–H and O–H groups in total. The standard InChI is InChI=1S/C62H76N2/c1-9-11-13-15-17-19-21-29-53-57(45-37-41-49(42-38-45)61(3,4)5)51-27-23-25-31-55(51)63-59(53)47-33-35-48(36-34-47)60-54(30-22-20-18-16-14-12-10-2)58(52-28-24-26-32-56(52)64-60)46-39-43-50(44-40-46)62(6,7)8/h23-28,31-44H,9-22,29-30H2,1-8H3. The Morgan fingerprint density at radius 1 is 0.344 bits per heavy atom. The number of aromatic nitrogens is 2. The lowest BCUT2D eigenvalue weighted by Gasteiger charge is -2.22. The van der Waals surface area contributed by atoms with E-state index in [0.717, 1.165) is 48.1 Å². The molecule has 0 atom stereocenters. The second-order valence-electron chi connectivity index (χ2n) is 20.6. The number of hydrogen-bond donors (Lipinski definition) is 0. The normalized spacial score (nSPS) is 12.1. The third-order valence-electron chi connectivity index (χ3n) is 13.6. The minimum atomic E-state index is 0.0952. The second kappa shape index (κ2) is 21.7. The lowest BCUT2D eigenvalue weighted by atomic mass is 9.84. The van der Waals surface area contributed by atoms with E-state index in [1.807, 2.05) is 0 Å². The molecule has 7 aromatic rings. The van der Waals surface area contributed by atoms with E-state index in [2.05, 4.69) is 177 Å². The van der Waals surface area contributed by atoms with E-state index in [4.69, 9.17) is 9.97 Å². The predicted octanol–water partition coefficient (Wildman–Crippen LogP) is 18.6. The molecule has 2 nitrogen and oxygen atoms in total. The van der Waals surface area contributed by atoms with Crippen molar-refractivity contribution in [3.05, 3.63) is 144 Å². The number of fused-ring (bicyclic) bond motifs is 2. The Balaban J connectivity index is 1.33. The molecule has 0 saturated carbocycles. The summed E-state index contributed by atoms with van der Waals surface area (Å²) in [5, 5.41) is 2.48. The molecule has 0 aliphatic carbocycles. The van der Waals surface area contributed by atoms with Crippen LogP contribution in [0.1, 0.15) is 168 Å². The van der Waals surface area contributed by atoms with E-state index in [1.165, 1.54) is 143 Å². The highest BCUT2D eigenvalue weighted by molar-refractivity contribution is 6.01. The average Bonchev–Trinajstić information content (AvgIpc) is 3.30. The van der Waals surface area contributed by atoms with E-state index >= 15 is 0 Å². The molecule has 0 unspecified atom stereocenters. The quantitative estimate of drug-likeness (QED) is 0.0714. The highest BCUT2D eigenvalue weighted by Crippen LogP contribution is 2.42. The largest absolute Gasteiger partial charge is 0.247 e. The molecule has 0 amide bonds. The molecule has 64 heavy (non-hydrogen) atoms. The Morgan fingerprint density at radius 2 is 0.656 bits per heavy atom. The zero-order valence-corrected chi connectivity index (χ0v) is 40.8. The number of rotatable bonds is 20. The topological polar surface area (TPSA) is 25.8 Å². The summed E-state index contributed by atoms with van der Waals surface area (Å²) < 4.78 is 0. The molecule has 2 heterocycles. The molecule has 7 rings (SSSR count). The van der Waals surface area contributed by atoms with Crippen LogP contribution in [0.3, 0.4) is 0 Å². The summed E-state index contributed by atoms with van der Waals surface area (Å²) >= 11 is 0. The van der Waals surface area contributed by atoms with Gasteiger partial charge in [-0.2, -0.15) is 0 Å². The summed E-state index contributed by atoms with van der Waals surface area (Å²) in [5.41, 5.74) is 17.6. The van der Waals surface area contributed by atoms with Gasteiger partial charge in [0.25, 0.3) is 0 Å². The number of pyridine rings is 2. The summed E-state index contributed by atoms with van der Waals surface area (Å²) in [4.78, 5) is 11.1. The van der Waals surface area contributed by atoms with Crippen LogP contribution < -0.4 is 0 Å². The molecule has 0 radical (unpaired) electrons. The van der Waals surface area contributed by atoms with E-state index in [9.17, 15) is 0 Å². The number of unbranched alkanes of at least 4 members (excludes halogenated alkanes) is 12. The second-order valence-corrected chi connectivity index (χ2v) is 20.6. The van der Waals surface area contributed by atoms with Gasteiger partial charge < -0.3 is 0 Å². The van der Waals surface area contributed by atoms with Gasteiger partial charge in [-0.1, -0.05) is 242 Å². The minimum Gasteiger partial charge on any atom is -0.247 e. The molecule has 0 aliphatic heterocycles. The Bertz CT molecular complexity index is 2380. The van der Waals surface area contributed by atoms with Gasteiger partial charge in [-0.05, 0) is 93.2 Å². The van der Waals surface area contributed by atoms with Gasteiger partial charge >= 0.3 is 0 Å². The first-order valence-corrected chi connectivity index (χ1v) is 25.1. The van der Waals surface area contributed by atoms with Gasteiger partial charge in [-0.15, -0.1) is 0 Å². The summed E-state index contributed by atoms with van der Waals surface area (Å²) in [5.74, 6) is 0. The first-order chi connectivity index (χ1) is 31.0. The number of nitrogens with zero attached hydrogens (tertiary/aromatic N) is 2. The van der Waals surface area contributed by atoms with E-state index in [1.54, 1.807) is 0 Å². The van der Waals surface area contributed by atoms with Crippen molar-refractivity contribution in [2.75, 3.05) is 0 Å². The van der Waals surface area contributed by atoms with Crippen molar-refractivity contribution >= 4 is 21.8 Å². The molecule has 0 aliphatic rings. The smallest absolute Gasteiger partial charge is 0.0747 e. The highest BCUT2D eigenvalue weighted by atomic mass is 14.7. The van der Waals surface area contributed by atoms with Crippen LogP contribution in [0, 0.1) is 0 Å². The SMILES string of the molecule is CCCCCCCCCc1c(-c2ccc(-c3nc4ccccc4c(-c4ccc(C(C)(C)C)cc4)c3CCCCCCCCC)cc2)nc2ccccc2c1-c1ccc(C(C)(C)C)cc1. The first kappa shape index (κ1) is 46.9. The molecule has 0 saturated heterocycles. The molecular weight excluding hydrogens is 773 g/mol. The molecule has 334 valence electrons. The van der Waals surface area contributed by atoms with Crippen molar-refractivity contribution in [2.45, 2.75) is 169 Å². The summed E-state index contributed by atoms with van der Waals surface area (Å²) in [7, 11) is 0. The maximum absolute atomic E-state index is 5.53. The fraction of sp³-hybridized carbons (Fsp3) is 0.419. The monoisotopic (exact) mass is 849 g/mol. The zero-order valence-electron chi connectivity index (χ0n) is 40.8. The third kappa shape index (κ3) is 11.4. The van der Waals surface area contributed by atoms with Gasteiger partial charge in [0, 0.05) is 21.9 Å². The Hall–Kier alpha value is -5.08. The van der Waals surface area contributed by atoms with E-state index in [0.29, 0.717) is 0 Å². The van der Waals surface area contributed by atoms with Gasteiger partial charge in [-0.3, -0.25) is 0 Å². The fourth-order valence-electron chi connectivity index (χ4n) is 9.70. The summed E-state index contributed by atoms with van der Waals surface area (Å²) in [6, 6.07) is 45.7. The van der Waals surface area contributed by atoms with Crippen molar-refractivity contribution in [1.29, 1.82) is 0 Å². The molecule has 0 fully saturated rings. The maximum Gasteiger partial charge on any atom is 0.0747 e. The third-order valence-corrected chi connectivity index (χ3v) is 13.6. The van der Waals surface area contributed by atoms with E-state index in [-0.39, 0.29) is 10.8 Å². The van der Waals surface area contributed by atoms with E-state index < -0.39 is 0 Å². The number of hydrogen-bond acceptors (Lipinski definition) is 2. The lowest BCUT2D eigenvalue weighted by molar-refractivity contribution is 0.589. The van der Waals surface area contributed by atoms with Crippen LogP contribution in [-0.2, 0) is 23.7 Å². The minimum absolute atomic E-state index is 0.0952. The number of para-hydroxylation sites is 2. The Labute approximate surface area is 387 Å². The first-order valence-electron chi connectivity index (χ1n) is 25.1. The Morgan fingerprint density at radius 3 is 1.00 bits per heavy atom. The van der Waals surface area contributed by atoms with Crippen molar-refractivity contribution in [2.24, 2.45) is 0 Å². The molecular formula is C62H76N2. The number of benzene rings is 5. The Kier molecular flexibility index (Phi) is 15.9. The van der Waals surface area contributed by atoms with Crippen LogP contribution in [0.4, 0.5) is 0 Å². The van der Waals surface area contributed by atoms with Gasteiger partial charge in [0.1, 0.15) is 0 Å². The average molecular weight is 849 g/mol. The van der Waals surface area contributed by atoms with Crippen LogP contribution in [-0.4, -0.2) is 9.97 Å². The van der Waals surface area contributed by atoms with Crippen LogP contribution in [0.15, 0.2) is 121 Å². The van der Waals surface area contributed by atoms with Crippen LogP contribution in [0.5, 0.6) is 0 Å². The highest BCUT2D eigenvalue weighted by Gasteiger charge is 2.22. The van der Waals surface area contributed by atoms with Crippen molar-refractivity contribution in [3.63, 3.8) is 0 Å². The van der Waals surface area contributed by atoms with Gasteiger partial charge in [0.15, 0.2) is 0 Å². The summed E-state index contributed by atoms with van der Waals surface area (Å²) in [6.07, 6.45) is 20.0. The van der Waals surface area contributed by atoms with Gasteiger partial charge in [-0.25, -0.2) is 9.97 Å². The predicted molar refractivity (Wildman–Crippen MR) is 280 cm³/mol. The van der Waals surface area contributed by atoms with Crippen molar-refractivity contribution in [1.82, 2.24) is 9.97 Å². The van der Waals surface area contributed by atoms with Gasteiger partial charge in [0.2, 0.25) is 0 Å². The zero-order chi connectivity index (χ0) is 45.1. The molecule has 0 bridgehead atoms. The molecule has 5 aromatic carbocycles. The lowest BCUT2D eigenvalue weighted by Crippen LogP contribution is -2.10. The molecule has 2 heteroatoms. The van der Waals surface area contributed by atoms with Crippen LogP contribution in [0.25, 0.3) is 66.6 Å². The van der Waals surface area contributed by atoms with Crippen LogP contribution >= 0.6 is 0 Å². The molecule has 0 spiro atoms. The van der Waals surface area contributed by atoms with Crippen molar-refractivity contribution in [3.8, 4) is 44.8 Å². The summed E-state index contributed by atoms with van der Waals surface area (Å²) in [6.45, 7) is 18.4. The van der Waals surface area contributed by atoms with Crippen molar-refractivity contribution < 1.29 is 0 Å². The molecule has 2 aromatic heterocycles.